The minimum absolute atomic E-state index is 0.0604. The fourth-order valence-electron chi connectivity index (χ4n) is 13.5. The smallest absolute Gasteiger partial charge is 0.322 e. The monoisotopic (exact) mass is 1600 g/mol. The van der Waals surface area contributed by atoms with E-state index in [9.17, 15) is 75.0 Å². The van der Waals surface area contributed by atoms with Crippen LogP contribution in [0.4, 0.5) is 5.69 Å². The molecule has 0 radical (unpaired) electrons. The van der Waals surface area contributed by atoms with E-state index in [0.29, 0.717) is 10.7 Å². The van der Waals surface area contributed by atoms with Crippen molar-refractivity contribution >= 4 is 93.7 Å². The summed E-state index contributed by atoms with van der Waals surface area (Å²) in [5, 5.41) is 135. The standard InChI is InChI=1S/C73H79Cl3N10O25/c1-27(2)15-40(77)65(99)84-56-58(94)30-6-13-44(38(75)17-30)107-46-19-32-20-47(62(46)111-72-63(61(97)60(96)48(26-87)109-72)110-51-24-73(4,64(98)28(3)106-51)86-34-10-8-33(74)9-11-34)108-45-14-7-31(18-39(45)76)59(95)57-71(105)83-55(67(101)79-25-50(92)93)37-21-35(88)22-43(90)52(37)36-16-29(5-12-42(36)89)53(68(102)85-57)82-69(103)54(32)81-66(100)41(23-49(78)91)80-70(56)104/h5-14,16-22,27-28,40-41,48,51,53-61,63-64,72,86-90,94-98H,15,23-26,77H2,1-4H3,(H2,78,91)(H,79,101)(H,80,104)(H,81,100)(H,82,103)(H,83,105)(H,84,99)(H,85,102)(H,92,93)/t28-,40+,41-,48-,51-,53+,54+,55-,56+,57-,58+,59+,60+,61-,63-,64+,72-,73-/m0/s1. The third-order valence-electron chi connectivity index (χ3n) is 19.1. The lowest BCUT2D eigenvalue weighted by atomic mass is 9.84. The van der Waals surface area contributed by atoms with Gasteiger partial charge in [-0.1, -0.05) is 66.8 Å². The Hall–Kier alpha value is -10.4. The van der Waals surface area contributed by atoms with E-state index >= 15 is 19.2 Å². The zero-order valence-corrected chi connectivity index (χ0v) is 61.4. The number of amides is 8. The van der Waals surface area contributed by atoms with Crippen molar-refractivity contribution in [1.82, 2.24) is 37.2 Å². The second-order valence-corrected chi connectivity index (χ2v) is 29.0. The van der Waals surface area contributed by atoms with Crippen LogP contribution in [0.25, 0.3) is 11.1 Å². The van der Waals surface area contributed by atoms with E-state index in [0.717, 1.165) is 66.7 Å². The van der Waals surface area contributed by atoms with E-state index in [1.165, 1.54) is 19.1 Å². The number of nitrogens with two attached hydrogens (primary N) is 2. The molecule has 18 atom stereocenters. The second kappa shape index (κ2) is 33.7. The van der Waals surface area contributed by atoms with Crippen molar-refractivity contribution in [3.05, 3.63) is 146 Å². The molecule has 35 nitrogen and oxygen atoms in total. The van der Waals surface area contributed by atoms with Gasteiger partial charge in [-0.3, -0.25) is 43.2 Å². The number of ether oxygens (including phenoxy) is 6. The number of phenolic OH excluding ortho intramolecular Hbond substituents is 3. The fourth-order valence-corrected chi connectivity index (χ4v) is 14.1. The van der Waals surface area contributed by atoms with E-state index < -0.39 is 255 Å². The first-order valence-electron chi connectivity index (χ1n) is 34.5. The van der Waals surface area contributed by atoms with Crippen LogP contribution in [0.3, 0.4) is 0 Å². The average molecular weight is 1600 g/mol. The largest absolute Gasteiger partial charge is 0.508 e. The maximum Gasteiger partial charge on any atom is 0.322 e. The maximum atomic E-state index is 16.2. The lowest BCUT2D eigenvalue weighted by Gasteiger charge is -2.48. The average Bonchev–Trinajstić information content (AvgIpc) is 0.764. The highest BCUT2D eigenvalue weighted by atomic mass is 35.5. The number of aliphatic carboxylic acids is 1. The molecule has 7 aliphatic rings. The number of nitrogens with one attached hydrogen (secondary N) is 8. The summed E-state index contributed by atoms with van der Waals surface area (Å²) in [6.07, 6.45) is -19.1. The number of phenols is 3. The van der Waals surface area contributed by atoms with E-state index in [1.807, 2.05) is 0 Å². The zero-order valence-electron chi connectivity index (χ0n) is 59.1. The predicted octanol–water partition coefficient (Wildman–Crippen LogP) is 1.77. The molecule has 6 aromatic carbocycles. The van der Waals surface area contributed by atoms with Crippen LogP contribution >= 0.6 is 34.8 Å². The number of carboxylic acid groups (broad SMARTS) is 1. The summed E-state index contributed by atoms with van der Waals surface area (Å²) < 4.78 is 39.1. The topological polar surface area (TPSA) is 560 Å². The van der Waals surface area contributed by atoms with Crippen molar-refractivity contribution in [2.45, 2.75) is 156 Å². The van der Waals surface area contributed by atoms with Crippen LogP contribution in [0, 0.1) is 5.92 Å². The van der Waals surface area contributed by atoms with Gasteiger partial charge in [0, 0.05) is 34.3 Å². The number of hydrogen-bond acceptors (Lipinski definition) is 26. The summed E-state index contributed by atoms with van der Waals surface area (Å²) in [6.45, 7) is 4.62. The van der Waals surface area contributed by atoms with Crippen LogP contribution in [-0.2, 0) is 57.4 Å². The first-order valence-corrected chi connectivity index (χ1v) is 35.7. The van der Waals surface area contributed by atoms with Gasteiger partial charge in [0.15, 0.2) is 23.9 Å². The summed E-state index contributed by atoms with van der Waals surface area (Å²) in [6, 6.07) is 5.18. The van der Waals surface area contributed by atoms with Crippen molar-refractivity contribution in [2.75, 3.05) is 18.5 Å². The molecule has 0 saturated carbocycles. The first-order chi connectivity index (χ1) is 52.5. The summed E-state index contributed by atoms with van der Waals surface area (Å²) >= 11 is 20.4. The molecular weight excluding hydrogens is 1520 g/mol. The third kappa shape index (κ3) is 18.0. The molecule has 0 spiro atoms. The quantitative estimate of drug-likeness (QED) is 0.0656. The molecule has 7 aliphatic heterocycles. The Morgan fingerprint density at radius 1 is 0.685 bits per heavy atom. The zero-order chi connectivity index (χ0) is 80.5. The van der Waals surface area contributed by atoms with Gasteiger partial charge in [0.05, 0.1) is 40.8 Å². The molecule has 7 heterocycles. The number of halogens is 3. The number of carboxylic acids is 1. The van der Waals surface area contributed by atoms with E-state index in [2.05, 4.69) is 42.5 Å². The predicted molar refractivity (Wildman–Crippen MR) is 388 cm³/mol. The van der Waals surface area contributed by atoms with E-state index in [1.54, 1.807) is 45.0 Å². The number of carbonyl (C=O) groups is 9. The third-order valence-corrected chi connectivity index (χ3v) is 20.0. The number of aromatic hydroxyl groups is 3. The Morgan fingerprint density at radius 2 is 1.30 bits per heavy atom. The Kier molecular flexibility index (Phi) is 24.8. The lowest BCUT2D eigenvalue weighted by Crippen LogP contribution is -2.64. The van der Waals surface area contributed by atoms with Crippen molar-refractivity contribution in [3.8, 4) is 57.1 Å². The highest BCUT2D eigenvalue weighted by Crippen LogP contribution is 2.50. The molecule has 2 fully saturated rings. The van der Waals surface area contributed by atoms with Gasteiger partial charge in [-0.2, -0.15) is 0 Å². The molecule has 38 heteroatoms. The number of carbonyl (C=O) groups excluding carboxylic acids is 8. The van der Waals surface area contributed by atoms with Crippen LogP contribution in [0.1, 0.15) is 105 Å². The van der Waals surface area contributed by atoms with Crippen molar-refractivity contribution in [3.63, 3.8) is 0 Å². The van der Waals surface area contributed by atoms with Crippen molar-refractivity contribution < 1.29 is 123 Å². The van der Waals surface area contributed by atoms with Gasteiger partial charge in [0.1, 0.15) is 108 Å². The summed E-state index contributed by atoms with van der Waals surface area (Å²) in [5.74, 6) is -17.7. The molecule has 0 aliphatic carbocycles. The Balaban J connectivity index is 1.15. The number of benzene rings is 6. The van der Waals surface area contributed by atoms with Crippen LogP contribution in [0.2, 0.25) is 15.1 Å². The van der Waals surface area contributed by atoms with Crippen LogP contribution in [-0.4, -0.2) is 196 Å². The summed E-state index contributed by atoms with van der Waals surface area (Å²) in [7, 11) is 0. The van der Waals surface area contributed by atoms with Gasteiger partial charge in [-0.25, -0.2) is 0 Å². The SMILES string of the molecule is CC(C)C[C@@H](N)C(=O)N[C@H]1C(=O)N[C@@H](CC(N)=O)C(=O)N[C@H]2C(=O)N[C@H]3C(=O)N[C@H](C(=O)N[C@H](C(=O)NCC(=O)O)c4cc(O)cc(O)c4-c4cc3ccc4O)[C@H](O)c3ccc(c(Cl)c3)Oc3cc2cc(c3O[C@@H]2O[C@@H](CO)[C@@H](O)[C@H](O)[C@@H]2O[C@H]2C[C@](C)(Nc3ccc(Cl)cc3)[C@H](O)[C@H](C)O2)Oc2ccc(cc2Cl)[C@H]1O. The minimum atomic E-state index is -2.39. The molecule has 0 unspecified atom stereocenters. The number of aliphatic hydroxyl groups is 6. The number of primary amides is 1. The Bertz CT molecular complexity index is 4620. The van der Waals surface area contributed by atoms with Crippen LogP contribution in [0.5, 0.6) is 46.0 Å². The normalized spacial score (nSPS) is 27.7. The fraction of sp³-hybridized carbons (Fsp3) is 0.384. The first kappa shape index (κ1) is 81.6. The van der Waals surface area contributed by atoms with Gasteiger partial charge in [-0.05, 0) is 133 Å². The van der Waals surface area contributed by atoms with Gasteiger partial charge < -0.3 is 133 Å². The molecule has 8 amide bonds. The number of anilines is 1. The molecule has 6 aromatic rings. The highest BCUT2D eigenvalue weighted by Gasteiger charge is 2.52. The molecule has 592 valence electrons. The summed E-state index contributed by atoms with van der Waals surface area (Å²) in [5.41, 5.74) is 8.24. The minimum Gasteiger partial charge on any atom is -0.508 e. The molecule has 11 bridgehead atoms. The van der Waals surface area contributed by atoms with Gasteiger partial charge >= 0.3 is 5.97 Å². The second-order valence-electron chi connectivity index (χ2n) is 27.8. The number of aliphatic hydroxyl groups excluding tert-OH is 6. The molecule has 111 heavy (non-hydrogen) atoms. The molecule has 13 rings (SSSR count). The van der Waals surface area contributed by atoms with E-state index in [4.69, 9.17) is 74.7 Å². The molecule has 2 saturated heterocycles. The lowest BCUT2D eigenvalue weighted by molar-refractivity contribution is -0.332. The Labute approximate surface area is 645 Å². The van der Waals surface area contributed by atoms with E-state index in [-0.39, 0.29) is 41.2 Å². The molecule has 22 N–H and O–H groups in total. The van der Waals surface area contributed by atoms with Gasteiger partial charge in [0.2, 0.25) is 59.3 Å². The van der Waals surface area contributed by atoms with Crippen LogP contribution in [0.15, 0.2) is 103 Å². The van der Waals surface area contributed by atoms with Crippen molar-refractivity contribution in [2.24, 2.45) is 17.4 Å². The molecular formula is C73H79Cl3N10O25. The number of fused-ring (bicyclic) bond motifs is 15. The maximum absolute atomic E-state index is 16.2. The number of hydrogen-bond donors (Lipinski definition) is 20. The highest BCUT2D eigenvalue weighted by molar-refractivity contribution is 6.32. The van der Waals surface area contributed by atoms with Gasteiger partial charge in [-0.15, -0.1) is 0 Å². The number of rotatable bonds is 16. The molecule has 0 aromatic heterocycles. The Morgan fingerprint density at radius 3 is 1.91 bits per heavy atom. The van der Waals surface area contributed by atoms with Crippen molar-refractivity contribution in [1.29, 1.82) is 0 Å². The summed E-state index contributed by atoms with van der Waals surface area (Å²) in [4.78, 5) is 130. The van der Waals surface area contributed by atoms with Crippen LogP contribution < -0.4 is 68.2 Å². The van der Waals surface area contributed by atoms with Gasteiger partial charge in [0.25, 0.3) is 0 Å².